The third kappa shape index (κ3) is 1.97. The summed E-state index contributed by atoms with van der Waals surface area (Å²) in [6.07, 6.45) is 0. The average Bonchev–Trinajstić information content (AvgIpc) is 2.05. The lowest BCUT2D eigenvalue weighted by Gasteiger charge is -2.24. The van der Waals surface area contributed by atoms with Crippen LogP contribution in [0.4, 0.5) is 5.69 Å². The quantitative estimate of drug-likeness (QED) is 0.451. The Morgan fingerprint density at radius 3 is 2.09 bits per heavy atom. The first kappa shape index (κ1) is 8.12. The second-order valence-electron chi connectivity index (χ2n) is 2.00. The summed E-state index contributed by atoms with van der Waals surface area (Å²) >= 11 is 0. The van der Waals surface area contributed by atoms with Crippen molar-refractivity contribution in [2.24, 2.45) is 0 Å². The van der Waals surface area contributed by atoms with Crippen molar-refractivity contribution in [1.29, 1.82) is 0 Å². The van der Waals surface area contributed by atoms with Crippen molar-refractivity contribution in [3.63, 3.8) is 0 Å². The van der Waals surface area contributed by atoms with Gasteiger partial charge < -0.3 is 10.4 Å². The van der Waals surface area contributed by atoms with Gasteiger partial charge in [-0.1, -0.05) is 23.5 Å². The van der Waals surface area contributed by atoms with Gasteiger partial charge in [-0.15, -0.1) is 0 Å². The van der Waals surface area contributed by atoms with Crippen LogP contribution in [0.5, 0.6) is 0 Å². The number of hydrogen-bond donors (Lipinski definition) is 3. The molecule has 0 aliphatic heterocycles. The third-order valence-corrected chi connectivity index (χ3v) is 1.23. The molecule has 0 aliphatic carbocycles. The van der Waals surface area contributed by atoms with Gasteiger partial charge in [0.1, 0.15) is 0 Å². The van der Waals surface area contributed by atoms with E-state index in [-0.39, 0.29) is 5.69 Å². The maximum atomic E-state index is 10.7. The average molecular weight is 156 g/mol. The molecule has 0 amide bonds. The molecule has 5 nitrogen and oxygen atoms in total. The maximum Gasteiger partial charge on any atom is 0.182 e. The number of benzene rings is 1. The topological polar surface area (TPSA) is 75.2 Å². The predicted octanol–water partition coefficient (Wildman–Crippen LogP) is -1.61. The molecule has 0 aromatic heterocycles. The second-order valence-corrected chi connectivity index (χ2v) is 2.00. The summed E-state index contributed by atoms with van der Waals surface area (Å²) in [6, 6.07) is 7.90. The minimum absolute atomic E-state index is 0.208. The summed E-state index contributed by atoms with van der Waals surface area (Å²) in [6.45, 7) is 0. The molecular formula is C6H8N2O3. The van der Waals surface area contributed by atoms with E-state index >= 15 is 0 Å². The Morgan fingerprint density at radius 1 is 1.09 bits per heavy atom. The standard InChI is InChI=1S/C6H8N2O3/c9-7(8(10)11)6-4-2-1-3-5-6/h1-5,7-8,10H. The van der Waals surface area contributed by atoms with Gasteiger partial charge in [0.2, 0.25) is 0 Å². The fraction of sp³-hybridized carbons (Fsp3) is 0. The Bertz CT molecular complexity index is 214. The van der Waals surface area contributed by atoms with Gasteiger partial charge in [0.15, 0.2) is 5.69 Å². The molecular weight excluding hydrogens is 148 g/mol. The van der Waals surface area contributed by atoms with E-state index in [2.05, 4.69) is 0 Å². The van der Waals surface area contributed by atoms with Crippen LogP contribution in [-0.4, -0.2) is 5.21 Å². The van der Waals surface area contributed by atoms with Gasteiger partial charge in [0.05, 0.1) is 0 Å². The van der Waals surface area contributed by atoms with Crippen molar-refractivity contribution in [2.45, 2.75) is 0 Å². The van der Waals surface area contributed by atoms with Crippen LogP contribution in [0.25, 0.3) is 0 Å². The molecule has 0 bridgehead atoms. The number of rotatable bonds is 2. The van der Waals surface area contributed by atoms with Crippen LogP contribution in [-0.2, 0) is 0 Å². The molecule has 5 heteroatoms. The van der Waals surface area contributed by atoms with Crippen molar-refractivity contribution in [3.8, 4) is 0 Å². The molecule has 11 heavy (non-hydrogen) atoms. The molecule has 0 radical (unpaired) electrons. The molecule has 2 unspecified atom stereocenters. The van der Waals surface area contributed by atoms with E-state index in [1.807, 2.05) is 0 Å². The van der Waals surface area contributed by atoms with Gasteiger partial charge in [-0.3, -0.25) is 0 Å². The maximum absolute atomic E-state index is 10.7. The van der Waals surface area contributed by atoms with E-state index in [1.165, 1.54) is 12.1 Å². The number of quaternary nitrogens is 2. The van der Waals surface area contributed by atoms with Gasteiger partial charge in [-0.05, 0) is 0 Å². The Kier molecular flexibility index (Phi) is 2.53. The summed E-state index contributed by atoms with van der Waals surface area (Å²) in [5.74, 6) is 0. The van der Waals surface area contributed by atoms with E-state index in [0.29, 0.717) is 0 Å². The van der Waals surface area contributed by atoms with Gasteiger partial charge in [0.25, 0.3) is 0 Å². The van der Waals surface area contributed by atoms with Crippen LogP contribution in [0.3, 0.4) is 0 Å². The predicted molar refractivity (Wildman–Crippen MR) is 36.5 cm³/mol. The van der Waals surface area contributed by atoms with Gasteiger partial charge in [0, 0.05) is 12.1 Å². The third-order valence-electron chi connectivity index (χ3n) is 1.23. The normalized spacial score (nSPS) is 15.9. The molecule has 60 valence electrons. The first-order valence-corrected chi connectivity index (χ1v) is 3.04. The Balaban J connectivity index is 2.77. The zero-order valence-electron chi connectivity index (χ0n) is 5.65. The fourth-order valence-electron chi connectivity index (χ4n) is 0.713. The van der Waals surface area contributed by atoms with Crippen LogP contribution in [0.1, 0.15) is 0 Å². The van der Waals surface area contributed by atoms with Crippen LogP contribution in [0.2, 0.25) is 0 Å². The summed E-state index contributed by atoms with van der Waals surface area (Å²) in [7, 11) is 0. The van der Waals surface area contributed by atoms with E-state index in [4.69, 9.17) is 5.21 Å². The number of nitrogens with one attached hydrogen (secondary N) is 2. The van der Waals surface area contributed by atoms with Crippen molar-refractivity contribution >= 4 is 5.69 Å². The lowest BCUT2D eigenvalue weighted by molar-refractivity contribution is -1.52. The Morgan fingerprint density at radius 2 is 1.64 bits per heavy atom. The Labute approximate surface area is 63.2 Å². The highest BCUT2D eigenvalue weighted by Gasteiger charge is 2.04. The minimum atomic E-state index is -1.42. The molecule has 3 N–H and O–H groups in total. The lowest BCUT2D eigenvalue weighted by atomic mass is 10.3. The number of para-hydroxylation sites is 1. The molecule has 0 spiro atoms. The zero-order chi connectivity index (χ0) is 8.27. The SMILES string of the molecule is [O-][NH+](O)[NH+]([O-])c1ccccc1. The van der Waals surface area contributed by atoms with E-state index < -0.39 is 10.5 Å². The molecule has 0 saturated heterocycles. The molecule has 0 saturated carbocycles. The van der Waals surface area contributed by atoms with Crippen LogP contribution in [0.15, 0.2) is 30.3 Å². The monoisotopic (exact) mass is 156 g/mol. The molecule has 1 rings (SSSR count). The van der Waals surface area contributed by atoms with Gasteiger partial charge in [-0.2, -0.15) is 10.4 Å². The van der Waals surface area contributed by atoms with Crippen molar-refractivity contribution in [2.75, 3.05) is 0 Å². The molecule has 0 aliphatic rings. The highest BCUT2D eigenvalue weighted by Crippen LogP contribution is 1.95. The zero-order valence-corrected chi connectivity index (χ0v) is 5.65. The molecule has 2 atom stereocenters. The fourth-order valence-corrected chi connectivity index (χ4v) is 0.713. The van der Waals surface area contributed by atoms with E-state index in [1.54, 1.807) is 18.2 Å². The second kappa shape index (κ2) is 3.42. The highest BCUT2D eigenvalue weighted by molar-refractivity contribution is 5.27. The summed E-state index contributed by atoms with van der Waals surface area (Å²) in [5.41, 5.74) is 0.208. The van der Waals surface area contributed by atoms with Crippen molar-refractivity contribution in [3.05, 3.63) is 40.7 Å². The summed E-state index contributed by atoms with van der Waals surface area (Å²) in [4.78, 5) is 0. The molecule has 0 fully saturated rings. The van der Waals surface area contributed by atoms with Gasteiger partial charge >= 0.3 is 0 Å². The first-order valence-electron chi connectivity index (χ1n) is 3.04. The largest absolute Gasteiger partial charge is 0.576 e. The smallest absolute Gasteiger partial charge is 0.182 e. The van der Waals surface area contributed by atoms with Crippen LogP contribution < -0.4 is 10.5 Å². The van der Waals surface area contributed by atoms with E-state index in [9.17, 15) is 10.4 Å². The lowest BCUT2D eigenvalue weighted by Crippen LogP contribution is -3.52. The number of hydrogen-bond acceptors (Lipinski definition) is 3. The minimum Gasteiger partial charge on any atom is -0.576 e. The van der Waals surface area contributed by atoms with Crippen LogP contribution >= 0.6 is 0 Å². The Hall–Kier alpha value is -0.980. The highest BCUT2D eigenvalue weighted by atomic mass is 16.9. The summed E-state index contributed by atoms with van der Waals surface area (Å²) < 4.78 is 0. The molecule has 1 aromatic rings. The van der Waals surface area contributed by atoms with Crippen LogP contribution in [0, 0.1) is 10.4 Å². The van der Waals surface area contributed by atoms with Gasteiger partial charge in [-0.25, -0.2) is 0 Å². The molecule has 0 heterocycles. The van der Waals surface area contributed by atoms with Crippen molar-refractivity contribution < 1.29 is 15.7 Å². The molecule has 1 aromatic carbocycles. The van der Waals surface area contributed by atoms with E-state index in [0.717, 1.165) is 0 Å². The first-order chi connectivity index (χ1) is 5.22. The summed E-state index contributed by atoms with van der Waals surface area (Å²) in [5, 5.41) is 26.9. The van der Waals surface area contributed by atoms with Crippen molar-refractivity contribution in [1.82, 2.24) is 0 Å².